The summed E-state index contributed by atoms with van der Waals surface area (Å²) >= 11 is 20.7. The third-order valence-electron chi connectivity index (χ3n) is 4.25. The molecule has 46 heavy (non-hydrogen) atoms. The Morgan fingerprint density at radius 1 is 0.870 bits per heavy atom. The molecule has 0 spiro atoms. The van der Waals surface area contributed by atoms with E-state index in [1.165, 1.54) is 50.3 Å². The van der Waals surface area contributed by atoms with Gasteiger partial charge in [-0.2, -0.15) is 0 Å². The fraction of sp³-hybridized carbons (Fsp3) is 0.320. The van der Waals surface area contributed by atoms with E-state index in [0.29, 0.717) is 10.0 Å². The van der Waals surface area contributed by atoms with E-state index in [0.717, 1.165) is 48.0 Å². The summed E-state index contributed by atoms with van der Waals surface area (Å²) < 4.78 is -0.183. The van der Waals surface area contributed by atoms with Crippen molar-refractivity contribution in [2.24, 2.45) is 0 Å². The van der Waals surface area contributed by atoms with E-state index in [1.54, 1.807) is 35.1 Å². The summed E-state index contributed by atoms with van der Waals surface area (Å²) in [5.74, 6) is 0.790. The normalized spacial score (nSPS) is 9.46. The van der Waals surface area contributed by atoms with Crippen LogP contribution >= 0.6 is 124 Å². The van der Waals surface area contributed by atoms with Crippen LogP contribution in [0.4, 0.5) is 0 Å². The van der Waals surface area contributed by atoms with E-state index in [4.69, 9.17) is 5.11 Å². The Morgan fingerprint density at radius 3 is 1.63 bits per heavy atom. The SMILES string of the molecule is BrP(Br)Br.Cc1cc(=O)[nH]c(SCc2cnc(C)s2)n1.Cc1ncc(C=O)s1.Cc1ncc(CBr)s1.Cc1ncc(CO)s1.[B].[H-].[Na+]. The van der Waals surface area contributed by atoms with Gasteiger partial charge in [0, 0.05) is 65.8 Å². The molecule has 5 heterocycles. The van der Waals surface area contributed by atoms with Crippen LogP contribution in [0.1, 0.15) is 51.5 Å². The van der Waals surface area contributed by atoms with Gasteiger partial charge in [0.15, 0.2) is 11.4 Å². The number of aromatic nitrogens is 6. The first-order valence-corrected chi connectivity index (χ1v) is 24.9. The Bertz CT molecular complexity index is 1550. The first kappa shape index (κ1) is 48.9. The van der Waals surface area contributed by atoms with E-state index in [1.807, 2.05) is 47.0 Å². The molecule has 0 amide bonds. The number of thioether (sulfide) groups is 1. The van der Waals surface area contributed by atoms with Crippen LogP contribution in [-0.2, 0) is 17.7 Å². The smallest absolute Gasteiger partial charge is 1.00 e. The standard InChI is InChI=1S/C10H11N3OS2.C5H6BrNS.C5H7NOS.C5H5NOS.B.Br3P.Na.H/c1-6-3-9(14)13-10(12-6)15-5-8-4-11-7(2)16-8;1-4-7-3-5(2-6)8-4;2*1-4-6-2-5(3-7)8-4;;1-4(2)3;;/h3-4H,5H2,1-2H3,(H,12,13,14);3H,2H2,1H3;2,7H,3H2,1H3;2-3H,1H3;;;;/q;;;;;;+1;-1. The van der Waals surface area contributed by atoms with Crippen molar-refractivity contribution in [1.29, 1.82) is 0 Å². The number of alkyl halides is 1. The molecule has 0 fully saturated rings. The molecule has 245 valence electrons. The molecule has 0 saturated heterocycles. The minimum absolute atomic E-state index is 0. The summed E-state index contributed by atoms with van der Waals surface area (Å²) in [4.78, 5) is 48.3. The Morgan fingerprint density at radius 2 is 1.33 bits per heavy atom. The van der Waals surface area contributed by atoms with Crippen LogP contribution in [0.5, 0.6) is 0 Å². The predicted molar refractivity (Wildman–Crippen MR) is 211 cm³/mol. The number of aliphatic hydroxyl groups is 1. The molecular weight excluding hydrogens is 977 g/mol. The number of H-pyrrole nitrogens is 1. The molecule has 0 aliphatic heterocycles. The van der Waals surface area contributed by atoms with Gasteiger partial charge in [0.25, 0.3) is 5.56 Å². The van der Waals surface area contributed by atoms with Crippen LogP contribution in [0.25, 0.3) is 0 Å². The molecule has 9 nitrogen and oxygen atoms in total. The van der Waals surface area contributed by atoms with Crippen molar-refractivity contribution >= 4 is 138 Å². The molecule has 2 N–H and O–H groups in total. The van der Waals surface area contributed by atoms with Crippen molar-refractivity contribution in [1.82, 2.24) is 29.9 Å². The van der Waals surface area contributed by atoms with Gasteiger partial charge in [-0.3, -0.25) is 9.59 Å². The zero-order valence-electron chi connectivity index (χ0n) is 26.7. The summed E-state index contributed by atoms with van der Waals surface area (Å²) in [6, 6.07) is 1.49. The number of aliphatic hydroxyl groups excluding tert-OH is 1. The average molecular weight is 1010 g/mol. The topological polar surface area (TPSA) is 135 Å². The van der Waals surface area contributed by atoms with Crippen molar-refractivity contribution < 1.29 is 40.9 Å². The molecule has 5 aromatic rings. The third kappa shape index (κ3) is 24.0. The van der Waals surface area contributed by atoms with Gasteiger partial charge in [0.1, 0.15) is 4.03 Å². The van der Waals surface area contributed by atoms with Gasteiger partial charge in [-0.1, -0.05) is 27.7 Å². The first-order chi connectivity index (χ1) is 20.8. The van der Waals surface area contributed by atoms with Crippen molar-refractivity contribution in [3.05, 3.63) is 86.4 Å². The molecule has 5 rings (SSSR count). The van der Waals surface area contributed by atoms with Crippen LogP contribution in [0.15, 0.2) is 40.8 Å². The fourth-order valence-corrected chi connectivity index (χ4v) is 6.73. The van der Waals surface area contributed by atoms with Crippen LogP contribution in [-0.4, -0.2) is 49.7 Å². The van der Waals surface area contributed by atoms with Crippen molar-refractivity contribution in [2.75, 3.05) is 0 Å². The zero-order chi connectivity index (χ0) is 33.1. The Hall–Kier alpha value is 0.795. The monoisotopic (exact) mass is 1000 g/mol. The number of aryl methyl sites for hydroxylation is 5. The van der Waals surface area contributed by atoms with E-state index in [-0.39, 0.29) is 55.6 Å². The number of hydrogen-bond donors (Lipinski definition) is 2. The molecule has 0 unspecified atom stereocenters. The van der Waals surface area contributed by atoms with Gasteiger partial charge >= 0.3 is 29.6 Å². The number of rotatable bonds is 6. The van der Waals surface area contributed by atoms with Gasteiger partial charge in [0.2, 0.25) is 0 Å². The van der Waals surface area contributed by atoms with Gasteiger partial charge in [-0.25, -0.2) is 24.9 Å². The molecule has 0 atom stereocenters. The minimum atomic E-state index is -0.183. The van der Waals surface area contributed by atoms with Crippen molar-refractivity contribution in [2.45, 2.75) is 57.5 Å². The van der Waals surface area contributed by atoms with Crippen LogP contribution < -0.4 is 35.1 Å². The van der Waals surface area contributed by atoms with E-state index in [9.17, 15) is 9.59 Å². The molecular formula is C25H30BBr4N6NaO3PS5. The molecule has 21 heteroatoms. The van der Waals surface area contributed by atoms with Crippen LogP contribution in [0.2, 0.25) is 0 Å². The van der Waals surface area contributed by atoms with Gasteiger partial charge < -0.3 is 11.5 Å². The summed E-state index contributed by atoms with van der Waals surface area (Å²) in [6.07, 6.45) is 7.84. The van der Waals surface area contributed by atoms with Crippen LogP contribution in [0, 0.1) is 34.6 Å². The number of hydrogen-bond acceptors (Lipinski definition) is 13. The molecule has 0 aliphatic rings. The second kappa shape index (κ2) is 28.5. The van der Waals surface area contributed by atoms with E-state index < -0.39 is 0 Å². The molecule has 0 bridgehead atoms. The Kier molecular flexibility index (Phi) is 30.3. The third-order valence-corrected chi connectivity index (χ3v) is 9.89. The van der Waals surface area contributed by atoms with E-state index in [2.05, 4.69) is 92.3 Å². The van der Waals surface area contributed by atoms with Gasteiger partial charge in [-0.05, 0) is 81.1 Å². The fourth-order valence-electron chi connectivity index (χ4n) is 2.61. The number of nitrogens with one attached hydrogen (secondary N) is 1. The number of thiazole rings is 4. The largest absolute Gasteiger partial charge is 1.00 e. The summed E-state index contributed by atoms with van der Waals surface area (Å²) in [5, 5.41) is 14.3. The Balaban J connectivity index is -0.000000543. The van der Waals surface area contributed by atoms with Crippen molar-refractivity contribution in [3.63, 3.8) is 0 Å². The van der Waals surface area contributed by atoms with Gasteiger partial charge in [0.05, 0.1) is 36.4 Å². The van der Waals surface area contributed by atoms with Crippen molar-refractivity contribution in [3.8, 4) is 0 Å². The summed E-state index contributed by atoms with van der Waals surface area (Å²) in [5.41, 5.74) is 0.641. The number of halogens is 4. The summed E-state index contributed by atoms with van der Waals surface area (Å²) in [6.45, 7) is 9.71. The minimum Gasteiger partial charge on any atom is -1.00 e. The number of aromatic amines is 1. The zero-order valence-corrected chi connectivity index (χ0v) is 39.0. The average Bonchev–Trinajstić information content (AvgIpc) is 3.77. The van der Waals surface area contributed by atoms with E-state index >= 15 is 0 Å². The number of aldehydes is 1. The second-order valence-electron chi connectivity index (χ2n) is 7.90. The predicted octanol–water partition coefficient (Wildman–Crippen LogP) is 6.82. The Labute approximate surface area is 348 Å². The second-order valence-corrected chi connectivity index (χ2v) is 30.0. The molecule has 5 aromatic heterocycles. The first-order valence-electron chi connectivity index (χ1n) is 12.1. The van der Waals surface area contributed by atoms with Gasteiger partial charge in [-0.15, -0.1) is 45.3 Å². The molecule has 3 radical (unpaired) electrons. The maximum absolute atomic E-state index is 11.2. The van der Waals surface area contributed by atoms with Crippen LogP contribution in [0.3, 0.4) is 0 Å². The summed E-state index contributed by atoms with van der Waals surface area (Å²) in [7, 11) is 0. The molecule has 0 aromatic carbocycles. The number of carbonyl (C=O) groups excluding carboxylic acids is 1. The maximum Gasteiger partial charge on any atom is 1.00 e. The quantitative estimate of drug-likeness (QED) is 0.0470. The number of carbonyl (C=O) groups is 1. The molecule has 0 aliphatic carbocycles. The molecule has 0 saturated carbocycles. The number of nitrogens with zero attached hydrogens (tertiary/aromatic N) is 5. The maximum atomic E-state index is 11.2.